The highest BCUT2D eigenvalue weighted by Gasteiger charge is 2.24. The Balaban J connectivity index is 2.08. The van der Waals surface area contributed by atoms with Gasteiger partial charge in [-0.15, -0.1) is 0 Å². The summed E-state index contributed by atoms with van der Waals surface area (Å²) < 4.78 is 0. The number of urea groups is 1. The van der Waals surface area contributed by atoms with Crippen molar-refractivity contribution in [2.24, 2.45) is 0 Å². The molecule has 1 fully saturated rings. The van der Waals surface area contributed by atoms with Crippen molar-refractivity contribution in [2.75, 3.05) is 13.1 Å². The number of carboxylic acids is 1. The molecule has 5 N–H and O–H groups in total. The number of nitrogens with one attached hydrogen (secondary N) is 3. The largest absolute Gasteiger partial charge is 0.480 e. The van der Waals surface area contributed by atoms with Crippen LogP contribution in [0.2, 0.25) is 0 Å². The first-order chi connectivity index (χ1) is 8.50. The lowest BCUT2D eigenvalue weighted by atomic mass is 10.2. The van der Waals surface area contributed by atoms with Gasteiger partial charge in [-0.25, -0.2) is 9.59 Å². The lowest BCUT2D eigenvalue weighted by Crippen LogP contribution is -2.51. The van der Waals surface area contributed by atoms with E-state index >= 15 is 0 Å². The van der Waals surface area contributed by atoms with Crippen molar-refractivity contribution in [3.8, 4) is 0 Å². The third-order valence-electron chi connectivity index (χ3n) is 2.68. The molecule has 104 valence electrons. The molecule has 2 atom stereocenters. The van der Waals surface area contributed by atoms with Crippen LogP contribution < -0.4 is 16.0 Å². The number of carboxylic acid groups (broad SMARTS) is 1. The molecular formula is C11H21N3O4. The van der Waals surface area contributed by atoms with Gasteiger partial charge in [0.15, 0.2) is 6.04 Å². The predicted octanol–water partition coefficient (Wildman–Crippen LogP) is -0.738. The number of amides is 2. The summed E-state index contributed by atoms with van der Waals surface area (Å²) in [6.07, 6.45) is 2.10. The zero-order valence-corrected chi connectivity index (χ0v) is 10.5. The summed E-state index contributed by atoms with van der Waals surface area (Å²) in [5.41, 5.74) is 0. The first-order valence-electron chi connectivity index (χ1n) is 6.19. The van der Waals surface area contributed by atoms with Gasteiger partial charge in [0.1, 0.15) is 0 Å². The van der Waals surface area contributed by atoms with Gasteiger partial charge < -0.3 is 26.2 Å². The molecule has 1 rings (SSSR count). The van der Waals surface area contributed by atoms with Crippen LogP contribution in [0.25, 0.3) is 0 Å². The van der Waals surface area contributed by atoms with Crippen LogP contribution in [0, 0.1) is 0 Å². The third-order valence-corrected chi connectivity index (χ3v) is 2.68. The van der Waals surface area contributed by atoms with Gasteiger partial charge in [-0.2, -0.15) is 0 Å². The van der Waals surface area contributed by atoms with E-state index in [4.69, 9.17) is 5.11 Å². The molecule has 0 bridgehead atoms. The maximum atomic E-state index is 11.4. The summed E-state index contributed by atoms with van der Waals surface area (Å²) in [6, 6.07) is -1.21. The molecule has 7 heteroatoms. The van der Waals surface area contributed by atoms with Crippen molar-refractivity contribution in [3.63, 3.8) is 0 Å². The normalized spacial score (nSPS) is 17.9. The lowest BCUT2D eigenvalue weighted by Gasteiger charge is -2.17. The van der Waals surface area contributed by atoms with E-state index in [1.807, 2.05) is 0 Å². The minimum Gasteiger partial charge on any atom is -0.480 e. The van der Waals surface area contributed by atoms with Crippen LogP contribution in [0.3, 0.4) is 0 Å². The first-order valence-corrected chi connectivity index (χ1v) is 6.19. The van der Waals surface area contributed by atoms with E-state index in [9.17, 15) is 14.7 Å². The van der Waals surface area contributed by atoms with Crippen LogP contribution in [0.15, 0.2) is 0 Å². The molecule has 1 aliphatic carbocycles. The number of hydrogen-bond acceptors (Lipinski definition) is 4. The zero-order chi connectivity index (χ0) is 13.5. The van der Waals surface area contributed by atoms with Crippen LogP contribution in [0.1, 0.15) is 26.2 Å². The molecule has 0 unspecified atom stereocenters. The van der Waals surface area contributed by atoms with Gasteiger partial charge in [0.05, 0.1) is 6.10 Å². The summed E-state index contributed by atoms with van der Waals surface area (Å²) in [5, 5.41) is 26.0. The van der Waals surface area contributed by atoms with Crippen molar-refractivity contribution >= 4 is 12.0 Å². The number of aliphatic hydroxyl groups is 1. The van der Waals surface area contributed by atoms with Crippen molar-refractivity contribution < 1.29 is 19.8 Å². The van der Waals surface area contributed by atoms with Gasteiger partial charge in [0, 0.05) is 12.6 Å². The van der Waals surface area contributed by atoms with E-state index < -0.39 is 24.1 Å². The number of rotatable bonds is 8. The fourth-order valence-electron chi connectivity index (χ4n) is 1.46. The highest BCUT2D eigenvalue weighted by atomic mass is 16.4. The molecule has 0 aliphatic heterocycles. The molecule has 18 heavy (non-hydrogen) atoms. The quantitative estimate of drug-likeness (QED) is 0.369. The molecule has 0 aromatic rings. The van der Waals surface area contributed by atoms with E-state index in [2.05, 4.69) is 16.0 Å². The molecule has 0 heterocycles. The SMILES string of the molecule is C[C@@H](O)[C@H](NC(=O)NCCCNC1CC1)C(=O)O. The Morgan fingerprint density at radius 1 is 1.33 bits per heavy atom. The molecule has 0 radical (unpaired) electrons. The van der Waals surface area contributed by atoms with Crippen molar-refractivity contribution in [3.05, 3.63) is 0 Å². The fourth-order valence-corrected chi connectivity index (χ4v) is 1.46. The summed E-state index contributed by atoms with van der Waals surface area (Å²) in [5.74, 6) is -1.25. The maximum absolute atomic E-state index is 11.4. The van der Waals surface area contributed by atoms with E-state index in [0.29, 0.717) is 12.6 Å². The second-order valence-electron chi connectivity index (χ2n) is 4.54. The van der Waals surface area contributed by atoms with Gasteiger partial charge >= 0.3 is 12.0 Å². The summed E-state index contributed by atoms with van der Waals surface area (Å²) in [7, 11) is 0. The lowest BCUT2D eigenvalue weighted by molar-refractivity contribution is -0.141. The Kier molecular flexibility index (Phi) is 5.87. The minimum atomic E-state index is -1.28. The molecule has 0 aromatic heterocycles. The second-order valence-corrected chi connectivity index (χ2v) is 4.54. The standard InChI is InChI=1S/C11H21N3O4/c1-7(15)9(10(16)17)14-11(18)13-6-2-5-12-8-3-4-8/h7-9,12,15H,2-6H2,1H3,(H,16,17)(H2,13,14,18)/t7-,9+/m1/s1. The van der Waals surface area contributed by atoms with Gasteiger partial charge in [0.25, 0.3) is 0 Å². The molecule has 0 saturated heterocycles. The number of hydrogen-bond donors (Lipinski definition) is 5. The smallest absolute Gasteiger partial charge is 0.328 e. The molecular weight excluding hydrogens is 238 g/mol. The predicted molar refractivity (Wildman–Crippen MR) is 65.3 cm³/mol. The number of aliphatic carboxylic acids is 1. The third kappa shape index (κ3) is 5.83. The zero-order valence-electron chi connectivity index (χ0n) is 10.5. The van der Waals surface area contributed by atoms with Crippen LogP contribution in [-0.4, -0.2) is 53.5 Å². The van der Waals surface area contributed by atoms with Crippen molar-refractivity contribution in [1.82, 2.24) is 16.0 Å². The van der Waals surface area contributed by atoms with Gasteiger partial charge in [0.2, 0.25) is 0 Å². The van der Waals surface area contributed by atoms with E-state index in [1.165, 1.54) is 19.8 Å². The van der Waals surface area contributed by atoms with Crippen LogP contribution >= 0.6 is 0 Å². The van der Waals surface area contributed by atoms with Gasteiger partial charge in [-0.05, 0) is 32.7 Å². The topological polar surface area (TPSA) is 111 Å². The van der Waals surface area contributed by atoms with E-state index in [0.717, 1.165) is 13.0 Å². The van der Waals surface area contributed by atoms with E-state index in [-0.39, 0.29) is 0 Å². The first kappa shape index (κ1) is 14.7. The molecule has 7 nitrogen and oxygen atoms in total. The van der Waals surface area contributed by atoms with Crippen LogP contribution in [-0.2, 0) is 4.79 Å². The molecule has 0 spiro atoms. The monoisotopic (exact) mass is 259 g/mol. The van der Waals surface area contributed by atoms with Crippen molar-refractivity contribution in [2.45, 2.75) is 44.4 Å². The summed E-state index contributed by atoms with van der Waals surface area (Å²) in [6.45, 7) is 2.63. The molecule has 1 aliphatic rings. The second kappa shape index (κ2) is 7.17. The average Bonchev–Trinajstić information content (AvgIpc) is 3.08. The Morgan fingerprint density at radius 2 is 2.00 bits per heavy atom. The van der Waals surface area contributed by atoms with Crippen molar-refractivity contribution in [1.29, 1.82) is 0 Å². The minimum absolute atomic E-state index is 0.470. The van der Waals surface area contributed by atoms with Gasteiger partial charge in [-0.3, -0.25) is 0 Å². The number of carbonyl (C=O) groups excluding carboxylic acids is 1. The fraction of sp³-hybridized carbons (Fsp3) is 0.818. The number of aliphatic hydroxyl groups excluding tert-OH is 1. The van der Waals surface area contributed by atoms with Crippen LogP contribution in [0.5, 0.6) is 0 Å². The molecule has 0 aromatic carbocycles. The highest BCUT2D eigenvalue weighted by Crippen LogP contribution is 2.18. The summed E-state index contributed by atoms with van der Waals surface area (Å²) >= 11 is 0. The number of carbonyl (C=O) groups is 2. The van der Waals surface area contributed by atoms with Crippen LogP contribution in [0.4, 0.5) is 4.79 Å². The Hall–Kier alpha value is -1.34. The summed E-state index contributed by atoms with van der Waals surface area (Å²) in [4.78, 5) is 22.1. The van der Waals surface area contributed by atoms with E-state index in [1.54, 1.807) is 0 Å². The Labute approximate surface area is 106 Å². The average molecular weight is 259 g/mol. The molecule has 1 saturated carbocycles. The highest BCUT2D eigenvalue weighted by molar-refractivity contribution is 5.82. The molecule has 2 amide bonds. The Morgan fingerprint density at radius 3 is 2.50 bits per heavy atom. The van der Waals surface area contributed by atoms with Gasteiger partial charge in [-0.1, -0.05) is 0 Å². The maximum Gasteiger partial charge on any atom is 0.328 e. The Bertz CT molecular complexity index is 292.